The highest BCUT2D eigenvalue weighted by atomic mass is 31.1. The van der Waals surface area contributed by atoms with Crippen LogP contribution in [-0.2, 0) is 9.47 Å². The van der Waals surface area contributed by atoms with Gasteiger partial charge in [0.25, 0.3) is 0 Å². The maximum absolute atomic E-state index is 5.34. The summed E-state index contributed by atoms with van der Waals surface area (Å²) < 4.78 is 10.2. The van der Waals surface area contributed by atoms with Gasteiger partial charge in [0, 0.05) is 7.11 Å². The van der Waals surface area contributed by atoms with Crippen LogP contribution in [0.2, 0.25) is 0 Å². The second-order valence-corrected chi connectivity index (χ2v) is 5.17. The molecular weight excluding hydrogens is 190 g/mol. The number of methoxy groups -OCH3 is 1. The van der Waals surface area contributed by atoms with Crippen LogP contribution in [0.1, 0.15) is 0 Å². The zero-order valence-electron chi connectivity index (χ0n) is 8.06. The normalized spacial score (nSPS) is 12.5. The van der Waals surface area contributed by atoms with Crippen molar-refractivity contribution in [3.8, 4) is 0 Å². The molecule has 0 bridgehead atoms. The first-order valence-corrected chi connectivity index (χ1v) is 7.46. The number of rotatable bonds is 9. The van der Waals surface area contributed by atoms with Crippen molar-refractivity contribution in [2.75, 3.05) is 52.1 Å². The molecule has 0 saturated carbocycles. The fourth-order valence-corrected chi connectivity index (χ4v) is 2.97. The topological polar surface area (TPSA) is 18.5 Å². The van der Waals surface area contributed by atoms with Gasteiger partial charge in [-0.2, -0.15) is 0 Å². The van der Waals surface area contributed by atoms with Gasteiger partial charge < -0.3 is 9.47 Å². The van der Waals surface area contributed by atoms with E-state index in [0.29, 0.717) is 0 Å². The molecule has 0 amide bonds. The number of hydrogen-bond donors (Lipinski definition) is 0. The van der Waals surface area contributed by atoms with Crippen molar-refractivity contribution in [1.29, 1.82) is 0 Å². The zero-order valence-corrected chi connectivity index (χ0v) is 10.1. The maximum Gasteiger partial charge on any atom is 0.0700 e. The number of hydrogen-bond acceptors (Lipinski definition) is 2. The summed E-state index contributed by atoms with van der Waals surface area (Å²) in [7, 11) is 3.91. The quantitative estimate of drug-likeness (QED) is 0.425. The average Bonchev–Trinajstić information content (AvgIpc) is 2.10. The van der Waals surface area contributed by atoms with Crippen LogP contribution in [0.3, 0.4) is 0 Å². The van der Waals surface area contributed by atoms with Crippen molar-refractivity contribution >= 4 is 17.2 Å². The molecule has 2 nitrogen and oxygen atoms in total. The fourth-order valence-electron chi connectivity index (χ4n) is 0.727. The molecule has 0 aliphatic rings. The van der Waals surface area contributed by atoms with Crippen molar-refractivity contribution < 1.29 is 9.47 Å². The Morgan fingerprint density at radius 3 is 2.50 bits per heavy atom. The van der Waals surface area contributed by atoms with Crippen molar-refractivity contribution in [3.05, 3.63) is 0 Å². The van der Waals surface area contributed by atoms with Gasteiger partial charge in [0.2, 0.25) is 0 Å². The molecule has 74 valence electrons. The molecule has 0 heterocycles. The highest BCUT2D eigenvalue weighted by molar-refractivity contribution is 7.42. The van der Waals surface area contributed by atoms with E-state index in [0.717, 1.165) is 37.0 Å². The lowest BCUT2D eigenvalue weighted by Gasteiger charge is -2.02. The monoisotopic (exact) mass is 210 g/mol. The van der Waals surface area contributed by atoms with E-state index < -0.39 is 0 Å². The molecule has 0 saturated heterocycles. The Morgan fingerprint density at radius 1 is 1.00 bits per heavy atom. The van der Waals surface area contributed by atoms with Gasteiger partial charge in [-0.05, 0) is 25.2 Å². The zero-order chi connectivity index (χ0) is 9.07. The summed E-state index contributed by atoms with van der Waals surface area (Å²) in [6, 6.07) is 0. The molecule has 12 heavy (non-hydrogen) atoms. The Labute approximate surface area is 79.4 Å². The molecule has 0 radical (unpaired) electrons. The van der Waals surface area contributed by atoms with Crippen LogP contribution in [0.4, 0.5) is 0 Å². The van der Waals surface area contributed by atoms with Gasteiger partial charge >= 0.3 is 0 Å². The number of ether oxygens (including phenoxy) is 2. The van der Waals surface area contributed by atoms with E-state index in [-0.39, 0.29) is 0 Å². The molecule has 4 heteroatoms. The first kappa shape index (κ1) is 12.8. The van der Waals surface area contributed by atoms with Crippen LogP contribution in [0, 0.1) is 0 Å². The molecule has 0 aromatic carbocycles. The summed E-state index contributed by atoms with van der Waals surface area (Å²) in [5.74, 6) is 0. The van der Waals surface area contributed by atoms with E-state index >= 15 is 0 Å². The average molecular weight is 210 g/mol. The first-order valence-electron chi connectivity index (χ1n) is 4.33. The van der Waals surface area contributed by atoms with E-state index in [1.165, 1.54) is 18.5 Å². The third-order valence-corrected chi connectivity index (χ3v) is 3.82. The van der Waals surface area contributed by atoms with E-state index in [4.69, 9.17) is 9.47 Å². The van der Waals surface area contributed by atoms with Gasteiger partial charge in [-0.3, -0.25) is 0 Å². The second-order valence-electron chi connectivity index (χ2n) is 2.46. The summed E-state index contributed by atoms with van der Waals surface area (Å²) in [5, 5.41) is 0. The van der Waals surface area contributed by atoms with Crippen molar-refractivity contribution in [2.45, 2.75) is 0 Å². The minimum absolute atomic E-state index is 0.722. The molecule has 0 aliphatic heterocycles. The predicted octanol–water partition coefficient (Wildman–Crippen LogP) is 1.64. The minimum atomic E-state index is 0.722. The smallest absolute Gasteiger partial charge is 0.0700 e. The Morgan fingerprint density at radius 2 is 1.83 bits per heavy atom. The summed E-state index contributed by atoms with van der Waals surface area (Å²) >= 11 is 0. The van der Waals surface area contributed by atoms with Crippen molar-refractivity contribution in [3.63, 3.8) is 0 Å². The third kappa shape index (κ3) is 10.8. The van der Waals surface area contributed by atoms with Crippen LogP contribution in [0.5, 0.6) is 0 Å². The van der Waals surface area contributed by atoms with Gasteiger partial charge in [-0.25, -0.2) is 0 Å². The molecular formula is C8H20O2P2. The molecule has 0 aliphatic carbocycles. The minimum Gasteiger partial charge on any atom is -0.382 e. The summed E-state index contributed by atoms with van der Waals surface area (Å²) in [5.41, 5.74) is 0. The van der Waals surface area contributed by atoms with Crippen LogP contribution in [0.15, 0.2) is 0 Å². The molecule has 2 atom stereocenters. The molecule has 0 fully saturated rings. The molecule has 2 unspecified atom stereocenters. The predicted molar refractivity (Wildman–Crippen MR) is 59.9 cm³/mol. The Kier molecular flexibility index (Phi) is 12.5. The Balaban J connectivity index is 2.73. The Bertz CT molecular complexity index is 71.5. The van der Waals surface area contributed by atoms with Gasteiger partial charge in [0.1, 0.15) is 0 Å². The molecule has 0 N–H and O–H groups in total. The van der Waals surface area contributed by atoms with Gasteiger partial charge in [0.05, 0.1) is 19.8 Å². The maximum atomic E-state index is 5.34. The van der Waals surface area contributed by atoms with Gasteiger partial charge in [-0.15, -0.1) is 17.2 Å². The summed E-state index contributed by atoms with van der Waals surface area (Å²) in [6.45, 7) is 4.64. The third-order valence-electron chi connectivity index (χ3n) is 1.41. The molecule has 0 spiro atoms. The van der Waals surface area contributed by atoms with E-state index in [2.05, 4.69) is 6.66 Å². The van der Waals surface area contributed by atoms with Crippen molar-refractivity contribution in [1.82, 2.24) is 0 Å². The summed E-state index contributed by atoms with van der Waals surface area (Å²) in [6.07, 6.45) is 4.02. The van der Waals surface area contributed by atoms with Gasteiger partial charge in [0.15, 0.2) is 0 Å². The highest BCUT2D eigenvalue weighted by Gasteiger charge is 1.89. The van der Waals surface area contributed by atoms with E-state index in [1.54, 1.807) is 7.11 Å². The lowest BCUT2D eigenvalue weighted by Crippen LogP contribution is -2.04. The largest absolute Gasteiger partial charge is 0.382 e. The lowest BCUT2D eigenvalue weighted by molar-refractivity contribution is 0.0788. The Hall–Kier alpha value is 0.780. The van der Waals surface area contributed by atoms with Gasteiger partial charge in [-0.1, -0.05) is 0 Å². The van der Waals surface area contributed by atoms with Crippen LogP contribution >= 0.6 is 17.2 Å². The van der Waals surface area contributed by atoms with Crippen LogP contribution < -0.4 is 0 Å². The highest BCUT2D eigenvalue weighted by Crippen LogP contribution is 2.13. The molecule has 0 aromatic rings. The summed E-state index contributed by atoms with van der Waals surface area (Å²) in [4.78, 5) is 0. The first-order chi connectivity index (χ1) is 5.91. The fraction of sp³-hybridized carbons (Fsp3) is 1.00. The van der Waals surface area contributed by atoms with Crippen molar-refractivity contribution in [2.24, 2.45) is 0 Å². The van der Waals surface area contributed by atoms with E-state index in [9.17, 15) is 0 Å². The lowest BCUT2D eigenvalue weighted by atomic mass is 10.7. The van der Waals surface area contributed by atoms with Crippen LogP contribution in [0.25, 0.3) is 0 Å². The molecule has 0 rings (SSSR count). The second kappa shape index (κ2) is 11.8. The standard InChI is InChI=1S/C8H20O2P2/c1-9-3-4-10-5-6-12-8-7-11-2/h11-12H,3-8H2,1-2H3. The SMILES string of the molecule is COCCOCCPCCPC. The van der Waals surface area contributed by atoms with E-state index in [1.807, 2.05) is 0 Å². The van der Waals surface area contributed by atoms with Crippen LogP contribution in [-0.4, -0.2) is 52.1 Å². The molecule has 0 aromatic heterocycles.